The van der Waals surface area contributed by atoms with Crippen molar-refractivity contribution in [2.24, 2.45) is 5.73 Å². The molecule has 2 aromatic rings. The van der Waals surface area contributed by atoms with Crippen LogP contribution in [0.5, 0.6) is 0 Å². The van der Waals surface area contributed by atoms with E-state index in [1.54, 1.807) is 0 Å². The molecule has 0 spiro atoms. The minimum Gasteiger partial charge on any atom is -0.346 e. The minimum atomic E-state index is -0.345. The van der Waals surface area contributed by atoms with Crippen LogP contribution in [0.15, 0.2) is 29.3 Å². The number of amides is 1. The Bertz CT molecular complexity index is 703. The Morgan fingerprint density at radius 3 is 3.05 bits per heavy atom. The molecule has 0 saturated heterocycles. The summed E-state index contributed by atoms with van der Waals surface area (Å²) in [5.74, 6) is 5.36. The maximum atomic E-state index is 11.8. The van der Waals surface area contributed by atoms with Crippen LogP contribution in [0.4, 0.5) is 0 Å². The first kappa shape index (κ1) is 14.0. The number of hydrogen-bond acceptors (Lipinski definition) is 5. The van der Waals surface area contributed by atoms with Gasteiger partial charge >= 0.3 is 0 Å². The van der Waals surface area contributed by atoms with Gasteiger partial charge in [0.05, 0.1) is 24.2 Å². The molecule has 0 aliphatic rings. The second-order valence-corrected chi connectivity index (χ2v) is 4.92. The lowest BCUT2D eigenvalue weighted by Gasteiger charge is -2.01. The fourth-order valence-corrected chi connectivity index (χ4v) is 2.22. The lowest BCUT2D eigenvalue weighted by Crippen LogP contribution is -2.24. The highest BCUT2D eigenvalue weighted by molar-refractivity contribution is 7.12. The molecule has 6 nitrogen and oxygen atoms in total. The molecule has 2 heterocycles. The van der Waals surface area contributed by atoms with Crippen LogP contribution in [-0.2, 0) is 6.54 Å². The monoisotopic (exact) mass is 288 g/mol. The Morgan fingerprint density at radius 1 is 1.50 bits per heavy atom. The fraction of sp³-hybridized carbons (Fsp3) is 0.154. The summed E-state index contributed by atoms with van der Waals surface area (Å²) in [6.07, 6.45) is 2.35. The zero-order valence-corrected chi connectivity index (χ0v) is 11.3. The first-order valence-corrected chi connectivity index (χ1v) is 6.61. The van der Waals surface area contributed by atoms with E-state index in [2.05, 4.69) is 27.1 Å². The van der Waals surface area contributed by atoms with Crippen LogP contribution in [0.1, 0.15) is 20.2 Å². The van der Waals surface area contributed by atoms with Crippen molar-refractivity contribution in [3.05, 3.63) is 50.3 Å². The molecule has 0 fully saturated rings. The van der Waals surface area contributed by atoms with Crippen LogP contribution >= 0.6 is 11.3 Å². The van der Waals surface area contributed by atoms with E-state index in [1.807, 2.05) is 12.1 Å². The van der Waals surface area contributed by atoms with Gasteiger partial charge in [0.25, 0.3) is 11.5 Å². The molecule has 0 atom stereocenters. The van der Waals surface area contributed by atoms with Crippen molar-refractivity contribution in [2.45, 2.75) is 6.54 Å². The summed E-state index contributed by atoms with van der Waals surface area (Å²) in [5, 5.41) is 2.72. The van der Waals surface area contributed by atoms with E-state index in [-0.39, 0.29) is 17.2 Å². The first-order chi connectivity index (χ1) is 9.69. The maximum absolute atomic E-state index is 11.8. The van der Waals surface area contributed by atoms with Crippen LogP contribution in [0.25, 0.3) is 0 Å². The number of nitrogens with two attached hydrogens (primary N) is 1. The number of thiophene rings is 1. The second-order valence-electron chi connectivity index (χ2n) is 3.75. The smallest absolute Gasteiger partial charge is 0.271 e. The second kappa shape index (κ2) is 6.65. The van der Waals surface area contributed by atoms with E-state index in [9.17, 15) is 9.59 Å². The SMILES string of the molecule is NCC#Cc1ccc(CNC(=O)c2c[nH]c(=O)cn2)s1. The van der Waals surface area contributed by atoms with E-state index in [0.29, 0.717) is 13.1 Å². The van der Waals surface area contributed by atoms with E-state index in [1.165, 1.54) is 17.5 Å². The normalized spacial score (nSPS) is 9.65. The third-order valence-electron chi connectivity index (χ3n) is 2.30. The van der Waals surface area contributed by atoms with Crippen molar-refractivity contribution < 1.29 is 4.79 Å². The van der Waals surface area contributed by atoms with Crippen LogP contribution in [0.2, 0.25) is 0 Å². The fourth-order valence-electron chi connectivity index (χ4n) is 1.40. The summed E-state index contributed by atoms with van der Waals surface area (Å²) in [6, 6.07) is 3.78. The van der Waals surface area contributed by atoms with Crippen LogP contribution in [0.3, 0.4) is 0 Å². The lowest BCUT2D eigenvalue weighted by molar-refractivity contribution is 0.0946. The Kier molecular flexibility index (Phi) is 4.65. The summed E-state index contributed by atoms with van der Waals surface area (Å²) in [4.78, 5) is 30.6. The maximum Gasteiger partial charge on any atom is 0.271 e. The molecule has 0 aliphatic carbocycles. The summed E-state index contributed by atoms with van der Waals surface area (Å²) in [7, 11) is 0. The molecule has 0 unspecified atom stereocenters. The highest BCUT2D eigenvalue weighted by atomic mass is 32.1. The molecule has 1 amide bonds. The zero-order chi connectivity index (χ0) is 14.4. The lowest BCUT2D eigenvalue weighted by atomic mass is 10.4. The Balaban J connectivity index is 1.94. The van der Waals surface area contributed by atoms with Crippen molar-refractivity contribution in [2.75, 3.05) is 6.54 Å². The predicted molar refractivity (Wildman–Crippen MR) is 76.3 cm³/mol. The van der Waals surface area contributed by atoms with Gasteiger partial charge in [-0.25, -0.2) is 4.98 Å². The van der Waals surface area contributed by atoms with E-state index in [0.717, 1.165) is 16.0 Å². The Hall–Kier alpha value is -2.43. The highest BCUT2D eigenvalue weighted by Gasteiger charge is 2.07. The molecule has 0 radical (unpaired) electrons. The average molecular weight is 288 g/mol. The van der Waals surface area contributed by atoms with Gasteiger partial charge in [-0.05, 0) is 12.1 Å². The molecule has 2 aromatic heterocycles. The van der Waals surface area contributed by atoms with Gasteiger partial charge < -0.3 is 16.0 Å². The number of carbonyl (C=O) groups is 1. The molecule has 7 heteroatoms. The van der Waals surface area contributed by atoms with Crippen LogP contribution in [0, 0.1) is 11.8 Å². The zero-order valence-electron chi connectivity index (χ0n) is 10.5. The number of aromatic nitrogens is 2. The molecular weight excluding hydrogens is 276 g/mol. The number of rotatable bonds is 3. The van der Waals surface area contributed by atoms with Crippen molar-refractivity contribution in [3.63, 3.8) is 0 Å². The van der Waals surface area contributed by atoms with Gasteiger partial charge in [0.15, 0.2) is 0 Å². The number of H-pyrrole nitrogens is 1. The van der Waals surface area contributed by atoms with E-state index >= 15 is 0 Å². The van der Waals surface area contributed by atoms with Gasteiger partial charge in [-0.1, -0.05) is 11.8 Å². The van der Waals surface area contributed by atoms with Gasteiger partial charge in [-0.15, -0.1) is 11.3 Å². The quantitative estimate of drug-likeness (QED) is 0.696. The Morgan fingerprint density at radius 2 is 2.35 bits per heavy atom. The summed E-state index contributed by atoms with van der Waals surface area (Å²) in [5.41, 5.74) is 5.12. The topological polar surface area (TPSA) is 101 Å². The molecule has 0 saturated carbocycles. The van der Waals surface area contributed by atoms with E-state index < -0.39 is 0 Å². The third-order valence-corrected chi connectivity index (χ3v) is 3.30. The molecular formula is C13H12N4O2S. The summed E-state index contributed by atoms with van der Waals surface area (Å²) < 4.78 is 0. The van der Waals surface area contributed by atoms with Gasteiger partial charge in [0.1, 0.15) is 5.69 Å². The summed E-state index contributed by atoms with van der Waals surface area (Å²) in [6.45, 7) is 0.705. The number of hydrogen-bond donors (Lipinski definition) is 3. The molecule has 2 rings (SSSR count). The van der Waals surface area contributed by atoms with Crippen molar-refractivity contribution in [3.8, 4) is 11.8 Å². The molecule has 0 aliphatic heterocycles. The number of nitrogens with one attached hydrogen (secondary N) is 2. The number of carbonyl (C=O) groups excluding carboxylic acids is 1. The van der Waals surface area contributed by atoms with Gasteiger partial charge in [0, 0.05) is 11.1 Å². The standard InChI is InChI=1S/C13H12N4O2S/c14-5-1-2-9-3-4-10(20-9)6-17-13(19)11-7-16-12(18)8-15-11/h3-4,7-8H,5-6,14H2,(H,16,18)(H,17,19). The first-order valence-electron chi connectivity index (χ1n) is 5.79. The number of aromatic amines is 1. The minimum absolute atomic E-state index is 0.171. The van der Waals surface area contributed by atoms with Crippen molar-refractivity contribution in [1.29, 1.82) is 0 Å². The van der Waals surface area contributed by atoms with Crippen LogP contribution in [-0.4, -0.2) is 22.4 Å². The molecule has 102 valence electrons. The molecule has 0 aromatic carbocycles. The molecule has 0 bridgehead atoms. The van der Waals surface area contributed by atoms with Crippen LogP contribution < -0.4 is 16.6 Å². The van der Waals surface area contributed by atoms with E-state index in [4.69, 9.17) is 5.73 Å². The predicted octanol–water partition coefficient (Wildman–Crippen LogP) is 0.0716. The van der Waals surface area contributed by atoms with Gasteiger partial charge in [0.2, 0.25) is 0 Å². The molecule has 4 N–H and O–H groups in total. The van der Waals surface area contributed by atoms with Crippen molar-refractivity contribution in [1.82, 2.24) is 15.3 Å². The third kappa shape index (κ3) is 3.78. The van der Waals surface area contributed by atoms with Gasteiger partial charge in [-0.3, -0.25) is 9.59 Å². The molecule has 20 heavy (non-hydrogen) atoms. The highest BCUT2D eigenvalue weighted by Crippen LogP contribution is 2.15. The number of nitrogens with zero attached hydrogens (tertiary/aromatic N) is 1. The van der Waals surface area contributed by atoms with Gasteiger partial charge in [-0.2, -0.15) is 0 Å². The largest absolute Gasteiger partial charge is 0.346 e. The average Bonchev–Trinajstić information content (AvgIpc) is 2.91. The Labute approximate surface area is 119 Å². The van der Waals surface area contributed by atoms with Crippen molar-refractivity contribution >= 4 is 17.2 Å². The summed E-state index contributed by atoms with van der Waals surface area (Å²) >= 11 is 1.49.